The van der Waals surface area contributed by atoms with Crippen molar-refractivity contribution in [3.05, 3.63) is 80.7 Å². The molecule has 2 aliphatic heterocycles. The van der Waals surface area contributed by atoms with Gasteiger partial charge in [-0.05, 0) is 42.3 Å². The Bertz CT molecular complexity index is 1620. The molecular weight excluding hydrogens is 548 g/mol. The second-order valence-electron chi connectivity index (χ2n) is 10.1. The summed E-state index contributed by atoms with van der Waals surface area (Å²) in [4.78, 5) is 53.1. The number of ether oxygens (including phenoxy) is 1. The lowest BCUT2D eigenvalue weighted by atomic mass is 10.1. The number of nitrogens with one attached hydrogen (secondary N) is 3. The highest BCUT2D eigenvalue weighted by Gasteiger charge is 2.36. The van der Waals surface area contributed by atoms with Crippen molar-refractivity contribution in [3.8, 4) is 11.4 Å². The van der Waals surface area contributed by atoms with Crippen LogP contribution in [0.2, 0.25) is 5.02 Å². The van der Waals surface area contributed by atoms with Crippen LogP contribution in [0.5, 0.6) is 0 Å². The average molecular weight is 577 g/mol. The van der Waals surface area contributed by atoms with E-state index in [1.807, 2.05) is 0 Å². The zero-order valence-electron chi connectivity index (χ0n) is 22.2. The number of aromatic nitrogens is 3. The normalized spacial score (nSPS) is 16.4. The van der Waals surface area contributed by atoms with Gasteiger partial charge in [-0.25, -0.2) is 4.98 Å². The van der Waals surface area contributed by atoms with Crippen molar-refractivity contribution in [3.63, 3.8) is 0 Å². The summed E-state index contributed by atoms with van der Waals surface area (Å²) >= 11 is 6.05. The molecule has 0 bridgehead atoms. The highest BCUT2D eigenvalue weighted by molar-refractivity contribution is 6.30. The van der Waals surface area contributed by atoms with Gasteiger partial charge in [-0.2, -0.15) is 0 Å². The maximum absolute atomic E-state index is 13.1. The second kappa shape index (κ2) is 11.5. The predicted octanol–water partition coefficient (Wildman–Crippen LogP) is 3.04. The summed E-state index contributed by atoms with van der Waals surface area (Å²) in [5.74, 6) is -0.402. The molecule has 41 heavy (non-hydrogen) atoms. The van der Waals surface area contributed by atoms with E-state index in [4.69, 9.17) is 16.3 Å². The van der Waals surface area contributed by atoms with Crippen molar-refractivity contribution in [2.24, 2.45) is 0 Å². The molecule has 2 aliphatic rings. The first-order valence-electron chi connectivity index (χ1n) is 13.5. The van der Waals surface area contributed by atoms with Crippen LogP contribution in [0.4, 0.5) is 5.69 Å². The number of carbonyl (C=O) groups is 2. The monoisotopic (exact) mass is 576 g/mol. The molecule has 2 amide bonds. The van der Waals surface area contributed by atoms with E-state index in [1.54, 1.807) is 42.5 Å². The molecule has 4 aromatic rings. The van der Waals surface area contributed by atoms with Crippen LogP contribution in [-0.4, -0.2) is 87.6 Å². The van der Waals surface area contributed by atoms with E-state index in [0.29, 0.717) is 64.6 Å². The molecule has 0 saturated carbocycles. The van der Waals surface area contributed by atoms with E-state index in [2.05, 4.69) is 25.2 Å². The first-order valence-corrected chi connectivity index (χ1v) is 13.9. The number of hydrogen-bond donors (Lipinski definition) is 4. The fourth-order valence-corrected chi connectivity index (χ4v) is 5.49. The van der Waals surface area contributed by atoms with Crippen LogP contribution in [-0.2, 0) is 4.74 Å². The molecule has 1 fully saturated rings. The Hall–Kier alpha value is -4.03. The number of hydrogen-bond acceptors (Lipinski definition) is 8. The smallest absolute Gasteiger partial charge is 0.261 e. The molecule has 11 nitrogen and oxygen atoms in total. The zero-order valence-corrected chi connectivity index (χ0v) is 22.9. The van der Waals surface area contributed by atoms with E-state index in [0.717, 1.165) is 19.6 Å². The van der Waals surface area contributed by atoms with Crippen molar-refractivity contribution >= 4 is 40.1 Å². The van der Waals surface area contributed by atoms with Crippen LogP contribution in [0, 0.1) is 0 Å². The van der Waals surface area contributed by atoms with Crippen LogP contribution >= 0.6 is 11.6 Å². The topological polar surface area (TPSA) is 144 Å². The Morgan fingerprint density at radius 3 is 2.61 bits per heavy atom. The molecule has 212 valence electrons. The standard InChI is InChI=1S/C29H29ClN6O5/c30-18-4-1-3-17(13-18)24(37)16-32-21-5-6-31-27(38)25(21)26-33-22-14-19-20(15-23(22)34-26)29(40)36(28(19)39)8-2-7-35-9-11-41-12-10-35/h1,3-6,13-15,24,37H,2,7-12,16H2,(H,33,34)(H2,31,32,38)/t24-/m1/s1. The summed E-state index contributed by atoms with van der Waals surface area (Å²) in [6, 6.07) is 11.8. The minimum Gasteiger partial charge on any atom is -0.387 e. The highest BCUT2D eigenvalue weighted by atomic mass is 35.5. The van der Waals surface area contributed by atoms with Crippen LogP contribution in [0.15, 0.2) is 53.5 Å². The van der Waals surface area contributed by atoms with Gasteiger partial charge in [0, 0.05) is 43.9 Å². The van der Waals surface area contributed by atoms with Gasteiger partial charge in [-0.1, -0.05) is 23.7 Å². The summed E-state index contributed by atoms with van der Waals surface area (Å²) in [7, 11) is 0. The molecule has 4 N–H and O–H groups in total. The number of anilines is 1. The minimum atomic E-state index is -0.867. The summed E-state index contributed by atoms with van der Waals surface area (Å²) < 4.78 is 5.37. The molecule has 2 aromatic carbocycles. The number of carbonyl (C=O) groups excluding carboxylic acids is 2. The summed E-state index contributed by atoms with van der Waals surface area (Å²) in [6.45, 7) is 4.36. The lowest BCUT2D eigenvalue weighted by Gasteiger charge is -2.27. The predicted molar refractivity (Wildman–Crippen MR) is 154 cm³/mol. The van der Waals surface area contributed by atoms with Crippen LogP contribution in [0.1, 0.15) is 38.8 Å². The molecule has 1 atom stereocenters. The van der Waals surface area contributed by atoms with E-state index >= 15 is 0 Å². The molecule has 0 radical (unpaired) electrons. The Kier molecular flexibility index (Phi) is 7.59. The van der Waals surface area contributed by atoms with E-state index in [1.165, 1.54) is 11.1 Å². The maximum atomic E-state index is 13.1. The fraction of sp³-hybridized carbons (Fsp3) is 0.310. The fourth-order valence-electron chi connectivity index (χ4n) is 5.29. The lowest BCUT2D eigenvalue weighted by molar-refractivity contribution is 0.0355. The third kappa shape index (κ3) is 5.49. The van der Waals surface area contributed by atoms with Gasteiger partial charge < -0.3 is 25.1 Å². The number of morpholine rings is 1. The number of amides is 2. The Balaban J connectivity index is 1.21. The summed E-state index contributed by atoms with van der Waals surface area (Å²) in [6.07, 6.45) is 1.32. The Labute approximate surface area is 240 Å². The Morgan fingerprint density at radius 1 is 1.05 bits per heavy atom. The van der Waals surface area contributed by atoms with Gasteiger partial charge >= 0.3 is 0 Å². The minimum absolute atomic E-state index is 0.121. The van der Waals surface area contributed by atoms with E-state index < -0.39 is 11.7 Å². The van der Waals surface area contributed by atoms with Crippen molar-refractivity contribution in [1.29, 1.82) is 0 Å². The highest BCUT2D eigenvalue weighted by Crippen LogP contribution is 2.30. The number of halogens is 1. The lowest BCUT2D eigenvalue weighted by Crippen LogP contribution is -2.39. The van der Waals surface area contributed by atoms with E-state index in [9.17, 15) is 19.5 Å². The molecule has 1 saturated heterocycles. The number of nitrogens with zero attached hydrogens (tertiary/aromatic N) is 3. The number of rotatable bonds is 9. The molecule has 12 heteroatoms. The number of imidazole rings is 1. The number of H-pyrrole nitrogens is 2. The van der Waals surface area contributed by atoms with Gasteiger partial charge in [0.15, 0.2) is 0 Å². The molecule has 0 spiro atoms. The van der Waals surface area contributed by atoms with Crippen molar-refractivity contribution in [1.82, 2.24) is 24.8 Å². The first kappa shape index (κ1) is 27.2. The number of fused-ring (bicyclic) bond motifs is 2. The van der Waals surface area contributed by atoms with Gasteiger partial charge in [0.2, 0.25) is 0 Å². The second-order valence-corrected chi connectivity index (χ2v) is 10.6. The molecule has 0 aliphatic carbocycles. The molecule has 0 unspecified atom stereocenters. The molecule has 4 heterocycles. The third-order valence-electron chi connectivity index (χ3n) is 7.45. The quantitative estimate of drug-likeness (QED) is 0.223. The molecule has 2 aromatic heterocycles. The van der Waals surface area contributed by atoms with Crippen LogP contribution < -0.4 is 10.9 Å². The number of imide groups is 1. The van der Waals surface area contributed by atoms with Crippen molar-refractivity contribution in [2.45, 2.75) is 12.5 Å². The van der Waals surface area contributed by atoms with Crippen LogP contribution in [0.25, 0.3) is 22.4 Å². The van der Waals surface area contributed by atoms with Gasteiger partial charge in [-0.15, -0.1) is 0 Å². The molecule has 6 rings (SSSR count). The molecular formula is C29H29ClN6O5. The maximum Gasteiger partial charge on any atom is 0.261 e. The first-order chi connectivity index (χ1) is 19.9. The Morgan fingerprint density at radius 2 is 1.83 bits per heavy atom. The number of aliphatic hydroxyl groups is 1. The average Bonchev–Trinajstić information content (AvgIpc) is 3.49. The zero-order chi connectivity index (χ0) is 28.5. The summed E-state index contributed by atoms with van der Waals surface area (Å²) in [5.41, 5.74) is 2.55. The SMILES string of the molecule is O=C1c2cc3nc(-c4c(NC[C@@H](O)c5cccc(Cl)c5)cc[nH]c4=O)[nH]c3cc2C(=O)N1CCCN1CCOCC1. The van der Waals surface area contributed by atoms with Gasteiger partial charge in [0.05, 0.1) is 47.2 Å². The third-order valence-corrected chi connectivity index (χ3v) is 7.68. The largest absolute Gasteiger partial charge is 0.387 e. The van der Waals surface area contributed by atoms with Crippen molar-refractivity contribution in [2.75, 3.05) is 51.3 Å². The number of benzene rings is 2. The van der Waals surface area contributed by atoms with Gasteiger partial charge in [0.1, 0.15) is 11.4 Å². The van der Waals surface area contributed by atoms with E-state index in [-0.39, 0.29) is 29.7 Å². The van der Waals surface area contributed by atoms with Gasteiger partial charge in [-0.3, -0.25) is 24.2 Å². The number of aromatic amines is 2. The van der Waals surface area contributed by atoms with Gasteiger partial charge in [0.25, 0.3) is 17.4 Å². The number of aliphatic hydroxyl groups excluding tert-OH is 1. The number of pyridine rings is 1. The summed E-state index contributed by atoms with van der Waals surface area (Å²) in [5, 5.41) is 14.3. The van der Waals surface area contributed by atoms with Crippen LogP contribution in [0.3, 0.4) is 0 Å². The van der Waals surface area contributed by atoms with Crippen molar-refractivity contribution < 1.29 is 19.4 Å².